The summed E-state index contributed by atoms with van der Waals surface area (Å²) in [4.78, 5) is 11.8. The number of carbonyl (C=O) groups is 1. The molecule has 0 aromatic heterocycles. The van der Waals surface area contributed by atoms with Crippen LogP contribution in [0.2, 0.25) is 0 Å². The van der Waals surface area contributed by atoms with E-state index in [9.17, 15) is 4.79 Å². The molecule has 2 aromatic rings. The van der Waals surface area contributed by atoms with Crippen LogP contribution in [0.4, 0.5) is 0 Å². The monoisotopic (exact) mass is 745 g/mol. The molecule has 2 rings (SSSR count). The Balaban J connectivity index is 1.38. The van der Waals surface area contributed by atoms with Gasteiger partial charge in [0.15, 0.2) is 0 Å². The van der Waals surface area contributed by atoms with E-state index in [1.54, 1.807) is 18.2 Å². The maximum Gasteiger partial charge on any atom is 0.337 e. The average molecular weight is 747 g/mol. The van der Waals surface area contributed by atoms with E-state index in [1.165, 1.54) is 7.11 Å². The summed E-state index contributed by atoms with van der Waals surface area (Å²) in [6.45, 7) is 12.9. The van der Waals surface area contributed by atoms with Crippen molar-refractivity contribution in [2.24, 2.45) is 5.73 Å². The molecule has 0 aliphatic heterocycles. The van der Waals surface area contributed by atoms with Gasteiger partial charge in [-0.15, -0.1) is 0 Å². The molecule has 14 heteroatoms. The van der Waals surface area contributed by atoms with Crippen LogP contribution < -0.4 is 15.2 Å². The quantitative estimate of drug-likeness (QED) is 0.0906. The van der Waals surface area contributed by atoms with E-state index in [4.69, 9.17) is 57.8 Å². The Morgan fingerprint density at radius 2 is 1.00 bits per heavy atom. The van der Waals surface area contributed by atoms with Gasteiger partial charge in [0.1, 0.15) is 23.9 Å². The summed E-state index contributed by atoms with van der Waals surface area (Å²) in [6, 6.07) is 8.89. The Morgan fingerprint density at radius 3 is 1.38 bits per heavy atom. The minimum atomic E-state index is -0.409. The number of benzene rings is 2. The van der Waals surface area contributed by atoms with Crippen LogP contribution in [0.15, 0.2) is 34.8 Å². The Kier molecular flexibility index (Phi) is 23.9. The van der Waals surface area contributed by atoms with Crippen molar-refractivity contribution in [2.75, 3.05) is 126 Å². The number of hydrogen-bond donors (Lipinski definition) is 1. The highest BCUT2D eigenvalue weighted by molar-refractivity contribution is 9.10. The zero-order valence-corrected chi connectivity index (χ0v) is 30.1. The standard InChI is InChI=1S/C34H52BrNO12/c1-27-24-30(25-28(2)33(27)48-32-5-4-29(26-31(32)35)34(37)38-3)47-23-22-46-21-20-45-19-18-44-17-16-43-15-14-42-13-12-41-11-10-40-9-8-39-7-6-36/h4-5,24-26H,6-23,36H2,1-3H3. The van der Waals surface area contributed by atoms with Crippen LogP contribution in [0.25, 0.3) is 0 Å². The van der Waals surface area contributed by atoms with E-state index in [2.05, 4.69) is 15.9 Å². The minimum absolute atomic E-state index is 0.407. The van der Waals surface area contributed by atoms with Gasteiger partial charge in [0.2, 0.25) is 0 Å². The number of aryl methyl sites for hydroxylation is 2. The molecule has 0 aliphatic carbocycles. The summed E-state index contributed by atoms with van der Waals surface area (Å²) in [5.41, 5.74) is 7.61. The molecular weight excluding hydrogens is 694 g/mol. The van der Waals surface area contributed by atoms with Gasteiger partial charge in [0.05, 0.1) is 123 Å². The fraction of sp³-hybridized carbons (Fsp3) is 0.618. The topological polar surface area (TPSA) is 145 Å². The van der Waals surface area contributed by atoms with Crippen molar-refractivity contribution in [1.29, 1.82) is 0 Å². The van der Waals surface area contributed by atoms with Crippen molar-refractivity contribution in [1.82, 2.24) is 0 Å². The SMILES string of the molecule is COC(=O)c1ccc(Oc2c(C)cc(OCCOCCOCCOCCOCCOCCOCCOCCOCCN)cc2C)c(Br)c1. The molecular formula is C34H52BrNO12. The molecule has 272 valence electrons. The third-order valence-corrected chi connectivity index (χ3v) is 6.98. The predicted octanol–water partition coefficient (Wildman–Crippen LogP) is 4.12. The molecule has 0 radical (unpaired) electrons. The maximum atomic E-state index is 11.8. The van der Waals surface area contributed by atoms with Crippen LogP contribution in [0.1, 0.15) is 21.5 Å². The predicted molar refractivity (Wildman–Crippen MR) is 183 cm³/mol. The Labute approximate surface area is 292 Å². The van der Waals surface area contributed by atoms with Crippen molar-refractivity contribution in [3.63, 3.8) is 0 Å². The van der Waals surface area contributed by atoms with E-state index >= 15 is 0 Å². The third kappa shape index (κ3) is 19.0. The molecule has 13 nitrogen and oxygen atoms in total. The molecule has 0 bridgehead atoms. The molecule has 2 N–H and O–H groups in total. The molecule has 0 atom stereocenters. The van der Waals surface area contributed by atoms with Gasteiger partial charge in [-0.05, 0) is 71.2 Å². The number of hydrogen-bond acceptors (Lipinski definition) is 13. The molecule has 0 saturated heterocycles. The summed E-state index contributed by atoms with van der Waals surface area (Å²) in [6.07, 6.45) is 0. The van der Waals surface area contributed by atoms with Gasteiger partial charge < -0.3 is 57.8 Å². The zero-order chi connectivity index (χ0) is 34.7. The molecule has 0 amide bonds. The van der Waals surface area contributed by atoms with E-state index in [-0.39, 0.29) is 0 Å². The molecule has 0 saturated carbocycles. The lowest BCUT2D eigenvalue weighted by molar-refractivity contribution is -0.0234. The minimum Gasteiger partial charge on any atom is -0.491 e. The Hall–Kier alpha value is -2.37. The Morgan fingerprint density at radius 1 is 0.604 bits per heavy atom. The van der Waals surface area contributed by atoms with Crippen LogP contribution in [0.3, 0.4) is 0 Å². The van der Waals surface area contributed by atoms with E-state index in [0.717, 1.165) is 22.6 Å². The van der Waals surface area contributed by atoms with Gasteiger partial charge in [-0.1, -0.05) is 0 Å². The van der Waals surface area contributed by atoms with Crippen LogP contribution in [0.5, 0.6) is 17.2 Å². The van der Waals surface area contributed by atoms with Crippen molar-refractivity contribution in [3.8, 4) is 17.2 Å². The van der Waals surface area contributed by atoms with E-state index in [0.29, 0.717) is 135 Å². The number of halogens is 1. The van der Waals surface area contributed by atoms with E-state index < -0.39 is 5.97 Å². The second kappa shape index (κ2) is 27.5. The lowest BCUT2D eigenvalue weighted by Gasteiger charge is -2.16. The second-order valence-electron chi connectivity index (χ2n) is 10.2. The van der Waals surface area contributed by atoms with Crippen molar-refractivity contribution in [3.05, 3.63) is 51.5 Å². The number of ether oxygens (including phenoxy) is 11. The van der Waals surface area contributed by atoms with Crippen LogP contribution in [0, 0.1) is 13.8 Å². The lowest BCUT2D eigenvalue weighted by atomic mass is 10.1. The third-order valence-electron chi connectivity index (χ3n) is 6.36. The van der Waals surface area contributed by atoms with Gasteiger partial charge in [-0.2, -0.15) is 0 Å². The first kappa shape index (κ1) is 41.8. The van der Waals surface area contributed by atoms with Crippen molar-refractivity contribution in [2.45, 2.75) is 13.8 Å². The average Bonchev–Trinajstić information content (AvgIpc) is 3.08. The number of esters is 1. The largest absolute Gasteiger partial charge is 0.491 e. The number of nitrogens with two attached hydrogens (primary N) is 1. The summed E-state index contributed by atoms with van der Waals surface area (Å²) in [5.74, 6) is 1.64. The highest BCUT2D eigenvalue weighted by Crippen LogP contribution is 2.36. The van der Waals surface area contributed by atoms with Crippen LogP contribution in [-0.4, -0.2) is 132 Å². The maximum absolute atomic E-state index is 11.8. The highest BCUT2D eigenvalue weighted by Gasteiger charge is 2.13. The molecule has 2 aromatic carbocycles. The van der Waals surface area contributed by atoms with Gasteiger partial charge in [0, 0.05) is 6.54 Å². The lowest BCUT2D eigenvalue weighted by Crippen LogP contribution is -2.15. The van der Waals surface area contributed by atoms with Gasteiger partial charge >= 0.3 is 5.97 Å². The first-order valence-corrected chi connectivity index (χ1v) is 16.9. The summed E-state index contributed by atoms with van der Waals surface area (Å²) in [5, 5.41) is 0. The zero-order valence-electron chi connectivity index (χ0n) is 28.5. The number of carbonyl (C=O) groups excluding carboxylic acids is 1. The van der Waals surface area contributed by atoms with Crippen molar-refractivity contribution >= 4 is 21.9 Å². The van der Waals surface area contributed by atoms with E-state index in [1.807, 2.05) is 26.0 Å². The fourth-order valence-corrected chi connectivity index (χ4v) is 4.50. The molecule has 0 aliphatic rings. The first-order chi connectivity index (χ1) is 23.5. The summed E-state index contributed by atoms with van der Waals surface area (Å²) in [7, 11) is 1.35. The van der Waals surface area contributed by atoms with Gasteiger partial charge in [-0.25, -0.2) is 4.79 Å². The number of rotatable bonds is 30. The van der Waals surface area contributed by atoms with Gasteiger partial charge in [0.25, 0.3) is 0 Å². The molecule has 0 unspecified atom stereocenters. The molecule has 0 spiro atoms. The number of methoxy groups -OCH3 is 1. The Bertz CT molecular complexity index is 1120. The van der Waals surface area contributed by atoms with Crippen LogP contribution >= 0.6 is 15.9 Å². The second-order valence-corrected chi connectivity index (χ2v) is 11.0. The summed E-state index contributed by atoms with van der Waals surface area (Å²) < 4.78 is 61.0. The molecule has 0 heterocycles. The first-order valence-electron chi connectivity index (χ1n) is 16.1. The smallest absolute Gasteiger partial charge is 0.337 e. The van der Waals surface area contributed by atoms with Gasteiger partial charge in [-0.3, -0.25) is 0 Å². The van der Waals surface area contributed by atoms with Crippen molar-refractivity contribution < 1.29 is 56.9 Å². The molecule has 48 heavy (non-hydrogen) atoms. The fourth-order valence-electron chi connectivity index (χ4n) is 4.04. The molecule has 0 fully saturated rings. The highest BCUT2D eigenvalue weighted by atomic mass is 79.9. The summed E-state index contributed by atoms with van der Waals surface area (Å²) >= 11 is 3.47. The normalized spacial score (nSPS) is 11.2. The van der Waals surface area contributed by atoms with Crippen LogP contribution in [-0.2, 0) is 42.6 Å².